The van der Waals surface area contributed by atoms with Crippen LogP contribution < -0.4 is 0 Å². The minimum absolute atomic E-state index is 0.211. The molecule has 1 aliphatic rings. The molecule has 2 aromatic rings. The first kappa shape index (κ1) is 16.4. The van der Waals surface area contributed by atoms with Crippen LogP contribution in [0.25, 0.3) is 0 Å². The lowest BCUT2D eigenvalue weighted by molar-refractivity contribution is 0.0999. The molecule has 4 heteroatoms. The van der Waals surface area contributed by atoms with E-state index in [1.54, 1.807) is 19.2 Å². The summed E-state index contributed by atoms with van der Waals surface area (Å²) in [6.07, 6.45) is 2.14. The molecule has 1 heterocycles. The summed E-state index contributed by atoms with van der Waals surface area (Å²) in [5.74, 6) is 0.529. The standard InChI is InChI=1S/C20H22N2O2/c1-24-15-18-13-8-14-22(18)19(16-9-4-2-5-10-16)21-20(23)17-11-6-3-7-12-17/h2-7,9-12,18H,8,13-15H2,1H3. The van der Waals surface area contributed by atoms with Crippen molar-refractivity contribution in [3.05, 3.63) is 71.8 Å². The SMILES string of the molecule is COCC1CCCN1C(=NC(=O)c1ccccc1)c1ccccc1. The minimum atomic E-state index is -0.211. The molecule has 124 valence electrons. The van der Waals surface area contributed by atoms with Crippen molar-refractivity contribution in [2.75, 3.05) is 20.3 Å². The summed E-state index contributed by atoms with van der Waals surface area (Å²) < 4.78 is 5.35. The Morgan fingerprint density at radius 2 is 1.71 bits per heavy atom. The molecule has 2 aromatic carbocycles. The molecule has 1 amide bonds. The summed E-state index contributed by atoms with van der Waals surface area (Å²) in [5, 5.41) is 0. The van der Waals surface area contributed by atoms with E-state index in [1.807, 2.05) is 48.5 Å². The molecule has 0 spiro atoms. The molecule has 1 saturated heterocycles. The molecule has 0 bridgehead atoms. The Hall–Kier alpha value is -2.46. The molecule has 1 fully saturated rings. The Balaban J connectivity index is 1.96. The number of hydrogen-bond acceptors (Lipinski definition) is 2. The number of hydrogen-bond donors (Lipinski definition) is 0. The van der Waals surface area contributed by atoms with Gasteiger partial charge in [0.2, 0.25) is 0 Å². The first-order valence-electron chi connectivity index (χ1n) is 8.28. The van der Waals surface area contributed by atoms with E-state index < -0.39 is 0 Å². The molecule has 0 aliphatic carbocycles. The molecule has 0 N–H and O–H groups in total. The fourth-order valence-electron chi connectivity index (χ4n) is 3.10. The normalized spacial score (nSPS) is 18.0. The highest BCUT2D eigenvalue weighted by Gasteiger charge is 2.28. The lowest BCUT2D eigenvalue weighted by atomic mass is 10.1. The van der Waals surface area contributed by atoms with Crippen LogP contribution in [0.2, 0.25) is 0 Å². The summed E-state index contributed by atoms with van der Waals surface area (Å²) in [6, 6.07) is 19.4. The second kappa shape index (κ2) is 7.88. The predicted octanol–water partition coefficient (Wildman–Crippen LogP) is 3.38. The molecule has 3 rings (SSSR count). The van der Waals surface area contributed by atoms with Crippen LogP contribution in [-0.4, -0.2) is 42.9 Å². The summed E-state index contributed by atoms with van der Waals surface area (Å²) in [4.78, 5) is 19.3. The number of nitrogens with zero attached hydrogens (tertiary/aromatic N) is 2. The van der Waals surface area contributed by atoms with Gasteiger partial charge < -0.3 is 9.64 Å². The quantitative estimate of drug-likeness (QED) is 0.640. The van der Waals surface area contributed by atoms with Crippen LogP contribution in [0.15, 0.2) is 65.7 Å². The van der Waals surface area contributed by atoms with E-state index in [9.17, 15) is 4.79 Å². The van der Waals surface area contributed by atoms with Gasteiger partial charge in [0.15, 0.2) is 0 Å². The maximum absolute atomic E-state index is 12.6. The first-order valence-corrected chi connectivity index (χ1v) is 8.28. The third-order valence-electron chi connectivity index (χ3n) is 4.27. The smallest absolute Gasteiger partial charge is 0.278 e. The van der Waals surface area contributed by atoms with E-state index in [4.69, 9.17) is 4.74 Å². The molecule has 1 aliphatic heterocycles. The van der Waals surface area contributed by atoms with Crippen molar-refractivity contribution in [1.29, 1.82) is 0 Å². The summed E-state index contributed by atoms with van der Waals surface area (Å²) in [6.45, 7) is 1.54. The zero-order valence-corrected chi connectivity index (χ0v) is 13.9. The Morgan fingerprint density at radius 3 is 2.33 bits per heavy atom. The second-order valence-electron chi connectivity index (χ2n) is 5.92. The number of ether oxygens (including phenoxy) is 1. The number of likely N-dealkylation sites (tertiary alicyclic amines) is 1. The van der Waals surface area contributed by atoms with E-state index in [0.717, 1.165) is 30.8 Å². The fourth-order valence-corrected chi connectivity index (χ4v) is 3.10. The van der Waals surface area contributed by atoms with E-state index in [0.29, 0.717) is 12.2 Å². The third kappa shape index (κ3) is 3.71. The van der Waals surface area contributed by atoms with E-state index in [2.05, 4.69) is 9.89 Å². The van der Waals surface area contributed by atoms with E-state index in [-0.39, 0.29) is 11.9 Å². The van der Waals surface area contributed by atoms with Crippen LogP contribution in [0.5, 0.6) is 0 Å². The van der Waals surface area contributed by atoms with Crippen molar-refractivity contribution in [2.24, 2.45) is 4.99 Å². The Kier molecular flexibility index (Phi) is 5.39. The number of methoxy groups -OCH3 is 1. The van der Waals surface area contributed by atoms with Gasteiger partial charge in [0.05, 0.1) is 12.6 Å². The van der Waals surface area contributed by atoms with Crippen LogP contribution in [0.3, 0.4) is 0 Å². The molecule has 4 nitrogen and oxygen atoms in total. The highest BCUT2D eigenvalue weighted by molar-refractivity contribution is 6.09. The molecule has 0 aromatic heterocycles. The Bertz CT molecular complexity index is 698. The van der Waals surface area contributed by atoms with Gasteiger partial charge in [0.1, 0.15) is 5.84 Å². The van der Waals surface area contributed by atoms with Gasteiger partial charge in [-0.05, 0) is 25.0 Å². The van der Waals surface area contributed by atoms with Crippen LogP contribution in [-0.2, 0) is 4.74 Å². The zero-order valence-electron chi connectivity index (χ0n) is 13.9. The van der Waals surface area contributed by atoms with Crippen molar-refractivity contribution >= 4 is 11.7 Å². The van der Waals surface area contributed by atoms with Crippen molar-refractivity contribution < 1.29 is 9.53 Å². The van der Waals surface area contributed by atoms with Crippen LogP contribution in [0.4, 0.5) is 0 Å². The van der Waals surface area contributed by atoms with Gasteiger partial charge in [-0.3, -0.25) is 4.79 Å². The predicted molar refractivity (Wildman–Crippen MR) is 95.4 cm³/mol. The summed E-state index contributed by atoms with van der Waals surface area (Å²) in [5.41, 5.74) is 1.57. The van der Waals surface area contributed by atoms with Gasteiger partial charge in [0.25, 0.3) is 5.91 Å². The summed E-state index contributed by atoms with van der Waals surface area (Å²) >= 11 is 0. The van der Waals surface area contributed by atoms with Gasteiger partial charge in [-0.25, -0.2) is 0 Å². The topological polar surface area (TPSA) is 41.9 Å². The summed E-state index contributed by atoms with van der Waals surface area (Å²) in [7, 11) is 1.71. The average molecular weight is 322 g/mol. The number of aliphatic imine (C=N–C) groups is 1. The third-order valence-corrected chi connectivity index (χ3v) is 4.27. The fraction of sp³-hybridized carbons (Fsp3) is 0.300. The van der Waals surface area contributed by atoms with Gasteiger partial charge in [-0.1, -0.05) is 48.5 Å². The lowest BCUT2D eigenvalue weighted by Crippen LogP contribution is -2.39. The minimum Gasteiger partial charge on any atom is -0.383 e. The highest BCUT2D eigenvalue weighted by Crippen LogP contribution is 2.21. The number of carbonyl (C=O) groups is 1. The van der Waals surface area contributed by atoms with Crippen LogP contribution in [0, 0.1) is 0 Å². The van der Waals surface area contributed by atoms with Crippen molar-refractivity contribution in [3.63, 3.8) is 0 Å². The van der Waals surface area contributed by atoms with Gasteiger partial charge in [-0.15, -0.1) is 0 Å². The Morgan fingerprint density at radius 1 is 1.08 bits per heavy atom. The lowest BCUT2D eigenvalue weighted by Gasteiger charge is -2.27. The van der Waals surface area contributed by atoms with E-state index in [1.165, 1.54) is 0 Å². The van der Waals surface area contributed by atoms with Crippen LogP contribution in [0.1, 0.15) is 28.8 Å². The number of carbonyl (C=O) groups excluding carboxylic acids is 1. The number of rotatable bonds is 4. The van der Waals surface area contributed by atoms with Crippen molar-refractivity contribution in [3.8, 4) is 0 Å². The number of amidine groups is 1. The van der Waals surface area contributed by atoms with Crippen LogP contribution >= 0.6 is 0 Å². The second-order valence-corrected chi connectivity index (χ2v) is 5.92. The maximum atomic E-state index is 12.6. The molecular weight excluding hydrogens is 300 g/mol. The van der Waals surface area contributed by atoms with E-state index >= 15 is 0 Å². The van der Waals surface area contributed by atoms with Gasteiger partial charge in [0, 0.05) is 24.8 Å². The molecule has 0 radical (unpaired) electrons. The first-order chi connectivity index (χ1) is 11.8. The number of amides is 1. The van der Waals surface area contributed by atoms with Crippen molar-refractivity contribution in [2.45, 2.75) is 18.9 Å². The number of benzene rings is 2. The largest absolute Gasteiger partial charge is 0.383 e. The molecule has 0 saturated carbocycles. The molecule has 24 heavy (non-hydrogen) atoms. The van der Waals surface area contributed by atoms with Crippen molar-refractivity contribution in [1.82, 2.24) is 4.90 Å². The van der Waals surface area contributed by atoms with Gasteiger partial charge >= 0.3 is 0 Å². The molecule has 1 atom stereocenters. The molecular formula is C20H22N2O2. The highest BCUT2D eigenvalue weighted by atomic mass is 16.5. The zero-order chi connectivity index (χ0) is 16.8. The molecule has 1 unspecified atom stereocenters. The van der Waals surface area contributed by atoms with Gasteiger partial charge in [-0.2, -0.15) is 4.99 Å². The Labute approximate surface area is 142 Å². The monoisotopic (exact) mass is 322 g/mol. The average Bonchev–Trinajstić information content (AvgIpc) is 3.09. The maximum Gasteiger partial charge on any atom is 0.278 e.